The van der Waals surface area contributed by atoms with Crippen molar-refractivity contribution in [2.75, 3.05) is 19.1 Å². The van der Waals surface area contributed by atoms with Gasteiger partial charge in [-0.25, -0.2) is 0 Å². The second kappa shape index (κ2) is 5.66. The molecule has 20 heavy (non-hydrogen) atoms. The predicted molar refractivity (Wildman–Crippen MR) is 77.8 cm³/mol. The fraction of sp³-hybridized carbons (Fsp3) is 0.333. The van der Waals surface area contributed by atoms with Crippen molar-refractivity contribution in [2.45, 2.75) is 13.5 Å². The van der Waals surface area contributed by atoms with Gasteiger partial charge in [-0.3, -0.25) is 4.68 Å². The monoisotopic (exact) mass is 270 g/mol. The number of nitrogens with zero attached hydrogens (tertiary/aromatic N) is 4. The van der Waals surface area contributed by atoms with Gasteiger partial charge >= 0.3 is 0 Å². The van der Waals surface area contributed by atoms with Crippen LogP contribution in [0.1, 0.15) is 16.8 Å². The lowest BCUT2D eigenvalue weighted by Gasteiger charge is -2.21. The molecule has 1 aromatic carbocycles. The molecule has 1 aromatic heterocycles. The first-order valence-electron chi connectivity index (χ1n) is 6.35. The number of aryl methyl sites for hydroxylation is 2. The molecule has 0 fully saturated rings. The molecular formula is C15H18N4O. The van der Waals surface area contributed by atoms with Crippen LogP contribution in [-0.2, 0) is 13.6 Å². The van der Waals surface area contributed by atoms with Crippen molar-refractivity contribution in [1.29, 1.82) is 5.26 Å². The van der Waals surface area contributed by atoms with E-state index in [4.69, 9.17) is 4.74 Å². The first-order valence-corrected chi connectivity index (χ1v) is 6.35. The molecule has 2 aromatic rings. The molecule has 0 aliphatic rings. The number of benzene rings is 1. The Balaban J connectivity index is 2.34. The molecule has 0 radical (unpaired) electrons. The SMILES string of the molecule is COc1ccccc1CN(C)c1c(C#N)c(C)nn1C. The third-order valence-corrected chi connectivity index (χ3v) is 3.27. The molecule has 0 aliphatic heterocycles. The molecule has 1 heterocycles. The Morgan fingerprint density at radius 1 is 1.40 bits per heavy atom. The summed E-state index contributed by atoms with van der Waals surface area (Å²) in [5.41, 5.74) is 2.43. The van der Waals surface area contributed by atoms with Crippen LogP contribution in [-0.4, -0.2) is 23.9 Å². The highest BCUT2D eigenvalue weighted by Gasteiger charge is 2.17. The van der Waals surface area contributed by atoms with Gasteiger partial charge in [0.25, 0.3) is 0 Å². The van der Waals surface area contributed by atoms with Gasteiger partial charge in [0, 0.05) is 26.2 Å². The Kier molecular flexibility index (Phi) is 3.94. The molecule has 0 atom stereocenters. The summed E-state index contributed by atoms with van der Waals surface area (Å²) in [7, 11) is 5.46. The van der Waals surface area contributed by atoms with Crippen molar-refractivity contribution in [3.8, 4) is 11.8 Å². The summed E-state index contributed by atoms with van der Waals surface area (Å²) >= 11 is 0. The van der Waals surface area contributed by atoms with E-state index in [0.717, 1.165) is 22.8 Å². The van der Waals surface area contributed by atoms with Crippen LogP contribution in [0.2, 0.25) is 0 Å². The van der Waals surface area contributed by atoms with Crippen molar-refractivity contribution in [2.24, 2.45) is 7.05 Å². The molecule has 5 nitrogen and oxygen atoms in total. The van der Waals surface area contributed by atoms with Gasteiger partial charge in [-0.1, -0.05) is 18.2 Å². The normalized spacial score (nSPS) is 10.2. The number of rotatable bonds is 4. The van der Waals surface area contributed by atoms with E-state index in [-0.39, 0.29) is 0 Å². The molecule has 0 saturated carbocycles. The van der Waals surface area contributed by atoms with E-state index < -0.39 is 0 Å². The highest BCUT2D eigenvalue weighted by atomic mass is 16.5. The quantitative estimate of drug-likeness (QED) is 0.855. The smallest absolute Gasteiger partial charge is 0.145 e. The summed E-state index contributed by atoms with van der Waals surface area (Å²) in [5.74, 6) is 1.66. The van der Waals surface area contributed by atoms with Gasteiger partial charge in [0.15, 0.2) is 0 Å². The predicted octanol–water partition coefficient (Wildman–Crippen LogP) is 2.25. The van der Waals surface area contributed by atoms with E-state index in [1.807, 2.05) is 50.2 Å². The number of para-hydroxylation sites is 1. The van der Waals surface area contributed by atoms with Crippen molar-refractivity contribution >= 4 is 5.82 Å². The molecule has 0 unspecified atom stereocenters. The zero-order valence-corrected chi connectivity index (χ0v) is 12.2. The topological polar surface area (TPSA) is 54.1 Å². The van der Waals surface area contributed by atoms with Crippen LogP contribution in [0.4, 0.5) is 5.82 Å². The minimum atomic E-state index is 0.616. The van der Waals surface area contributed by atoms with Gasteiger partial charge in [0.05, 0.1) is 12.8 Å². The van der Waals surface area contributed by atoms with E-state index in [2.05, 4.69) is 11.2 Å². The van der Waals surface area contributed by atoms with E-state index in [1.165, 1.54) is 0 Å². The maximum atomic E-state index is 9.27. The highest BCUT2D eigenvalue weighted by Crippen LogP contribution is 2.25. The fourth-order valence-corrected chi connectivity index (χ4v) is 2.38. The molecule has 5 heteroatoms. The van der Waals surface area contributed by atoms with Gasteiger partial charge in [0.1, 0.15) is 23.2 Å². The van der Waals surface area contributed by atoms with Crippen LogP contribution in [0, 0.1) is 18.3 Å². The number of aromatic nitrogens is 2. The van der Waals surface area contributed by atoms with Crippen LogP contribution in [0.15, 0.2) is 24.3 Å². The Labute approximate surface area is 119 Å². The Morgan fingerprint density at radius 2 is 2.10 bits per heavy atom. The van der Waals surface area contributed by atoms with Crippen LogP contribution in [0.25, 0.3) is 0 Å². The van der Waals surface area contributed by atoms with Gasteiger partial charge in [0.2, 0.25) is 0 Å². The van der Waals surface area contributed by atoms with Crippen molar-refractivity contribution in [3.63, 3.8) is 0 Å². The van der Waals surface area contributed by atoms with Gasteiger partial charge in [-0.15, -0.1) is 0 Å². The first-order chi connectivity index (χ1) is 9.58. The maximum Gasteiger partial charge on any atom is 0.145 e. The second-order valence-corrected chi connectivity index (χ2v) is 4.69. The highest BCUT2D eigenvalue weighted by molar-refractivity contribution is 5.57. The minimum absolute atomic E-state index is 0.616. The average molecular weight is 270 g/mol. The number of ether oxygens (including phenoxy) is 1. The number of anilines is 1. The van der Waals surface area contributed by atoms with Crippen LogP contribution >= 0.6 is 0 Å². The summed E-state index contributed by atoms with van der Waals surface area (Å²) in [5, 5.41) is 13.6. The molecule has 0 spiro atoms. The number of methoxy groups -OCH3 is 1. The van der Waals surface area contributed by atoms with Gasteiger partial charge in [-0.2, -0.15) is 10.4 Å². The lowest BCUT2D eigenvalue weighted by Crippen LogP contribution is -2.20. The zero-order valence-electron chi connectivity index (χ0n) is 12.2. The largest absolute Gasteiger partial charge is 0.496 e. The Hall–Kier alpha value is -2.48. The van der Waals surface area contributed by atoms with Crippen molar-refractivity contribution in [1.82, 2.24) is 9.78 Å². The van der Waals surface area contributed by atoms with Gasteiger partial charge in [-0.05, 0) is 13.0 Å². The number of hydrogen-bond donors (Lipinski definition) is 0. The summed E-state index contributed by atoms with van der Waals surface area (Å²) in [6.07, 6.45) is 0. The standard InChI is InChI=1S/C15H18N4O/c1-11-13(9-16)15(19(3)17-11)18(2)10-12-7-5-6-8-14(12)20-4/h5-8H,10H2,1-4H3. The molecule has 0 bridgehead atoms. The zero-order chi connectivity index (χ0) is 14.7. The Morgan fingerprint density at radius 3 is 2.75 bits per heavy atom. The molecular weight excluding hydrogens is 252 g/mol. The van der Waals surface area contributed by atoms with E-state index in [0.29, 0.717) is 12.1 Å². The lowest BCUT2D eigenvalue weighted by molar-refractivity contribution is 0.409. The van der Waals surface area contributed by atoms with Crippen molar-refractivity contribution < 1.29 is 4.74 Å². The van der Waals surface area contributed by atoms with Crippen LogP contribution in [0.5, 0.6) is 5.75 Å². The molecule has 2 rings (SSSR count). The van der Waals surface area contributed by atoms with Gasteiger partial charge < -0.3 is 9.64 Å². The summed E-state index contributed by atoms with van der Waals surface area (Å²) < 4.78 is 7.10. The molecule has 104 valence electrons. The molecule has 0 aliphatic carbocycles. The minimum Gasteiger partial charge on any atom is -0.496 e. The third-order valence-electron chi connectivity index (χ3n) is 3.27. The fourth-order valence-electron chi connectivity index (χ4n) is 2.38. The summed E-state index contributed by atoms with van der Waals surface area (Å²) in [6.45, 7) is 2.50. The maximum absolute atomic E-state index is 9.27. The summed E-state index contributed by atoms with van der Waals surface area (Å²) in [4.78, 5) is 2.01. The number of nitriles is 1. The van der Waals surface area contributed by atoms with E-state index >= 15 is 0 Å². The third kappa shape index (κ3) is 2.45. The number of hydrogen-bond acceptors (Lipinski definition) is 4. The van der Waals surface area contributed by atoms with E-state index in [1.54, 1.807) is 11.8 Å². The van der Waals surface area contributed by atoms with Crippen LogP contribution in [0.3, 0.4) is 0 Å². The Bertz CT molecular complexity index is 654. The molecule has 0 saturated heterocycles. The molecule has 0 amide bonds. The van der Waals surface area contributed by atoms with E-state index in [9.17, 15) is 5.26 Å². The average Bonchev–Trinajstić information content (AvgIpc) is 2.73. The molecule has 0 N–H and O–H groups in total. The lowest BCUT2D eigenvalue weighted by atomic mass is 10.2. The first kappa shape index (κ1) is 13.9. The van der Waals surface area contributed by atoms with Crippen LogP contribution < -0.4 is 9.64 Å². The van der Waals surface area contributed by atoms with Crippen molar-refractivity contribution in [3.05, 3.63) is 41.1 Å². The second-order valence-electron chi connectivity index (χ2n) is 4.69. The summed E-state index contributed by atoms with van der Waals surface area (Å²) in [6, 6.07) is 10.1.